The summed E-state index contributed by atoms with van der Waals surface area (Å²) in [5.74, 6) is 0. The van der Waals surface area contributed by atoms with E-state index in [1.165, 1.54) is 16.6 Å². The Morgan fingerprint density at radius 2 is 2.31 bits per heavy atom. The van der Waals surface area contributed by atoms with Crippen LogP contribution in [0, 0.1) is 0 Å². The first-order valence-corrected chi connectivity index (χ1v) is 5.49. The lowest BCUT2D eigenvalue weighted by Crippen LogP contribution is -1.65. The number of thiazole rings is 1. The van der Waals surface area contributed by atoms with Crippen LogP contribution in [0.1, 0.15) is 6.92 Å². The van der Waals surface area contributed by atoms with Crippen molar-refractivity contribution in [2.45, 2.75) is 11.3 Å². The highest BCUT2D eigenvalue weighted by Gasteiger charge is 2.01. The standard InChI is InChI=1S/C9H8N2S2/c1-2-10-13-9-11-7-5-3-4-6-8(7)12-9/h2-6H,1H3. The minimum Gasteiger partial charge on any atom is -0.228 e. The Bertz CT molecular complexity index is 401. The third kappa shape index (κ3) is 1.89. The molecule has 0 saturated heterocycles. The number of fused-ring (bicyclic) bond motifs is 1. The highest BCUT2D eigenvalue weighted by atomic mass is 32.2. The van der Waals surface area contributed by atoms with Crippen LogP contribution in [0.2, 0.25) is 0 Å². The third-order valence-corrected chi connectivity index (χ3v) is 3.38. The second kappa shape index (κ2) is 3.89. The van der Waals surface area contributed by atoms with E-state index in [-0.39, 0.29) is 0 Å². The summed E-state index contributed by atoms with van der Waals surface area (Å²) in [7, 11) is 0. The maximum atomic E-state index is 4.42. The monoisotopic (exact) mass is 208 g/mol. The maximum absolute atomic E-state index is 4.42. The van der Waals surface area contributed by atoms with Crippen molar-refractivity contribution in [2.24, 2.45) is 4.40 Å². The highest BCUT2D eigenvalue weighted by Crippen LogP contribution is 2.29. The highest BCUT2D eigenvalue weighted by molar-refractivity contribution is 8.00. The second-order valence-electron chi connectivity index (χ2n) is 2.40. The summed E-state index contributed by atoms with van der Waals surface area (Å²) in [5.41, 5.74) is 1.06. The summed E-state index contributed by atoms with van der Waals surface area (Å²) in [6.45, 7) is 1.90. The van der Waals surface area contributed by atoms with E-state index >= 15 is 0 Å². The molecule has 0 amide bonds. The van der Waals surface area contributed by atoms with Gasteiger partial charge >= 0.3 is 0 Å². The van der Waals surface area contributed by atoms with Gasteiger partial charge in [0.05, 0.1) is 10.2 Å². The van der Waals surface area contributed by atoms with E-state index in [1.807, 2.05) is 25.1 Å². The zero-order valence-electron chi connectivity index (χ0n) is 7.10. The molecule has 4 heteroatoms. The summed E-state index contributed by atoms with van der Waals surface area (Å²) in [5, 5.41) is 0. The number of hydrogen-bond acceptors (Lipinski definition) is 4. The zero-order valence-corrected chi connectivity index (χ0v) is 8.73. The van der Waals surface area contributed by atoms with Gasteiger partial charge in [0.1, 0.15) is 0 Å². The van der Waals surface area contributed by atoms with Gasteiger partial charge in [-0.3, -0.25) is 0 Å². The van der Waals surface area contributed by atoms with Crippen LogP contribution < -0.4 is 0 Å². The number of aromatic nitrogens is 1. The van der Waals surface area contributed by atoms with Gasteiger partial charge in [0.2, 0.25) is 0 Å². The Morgan fingerprint density at radius 1 is 1.46 bits per heavy atom. The summed E-state index contributed by atoms with van der Waals surface area (Å²) < 4.78 is 6.30. The predicted molar refractivity (Wildman–Crippen MR) is 59.6 cm³/mol. The summed E-state index contributed by atoms with van der Waals surface area (Å²) in [4.78, 5) is 4.42. The van der Waals surface area contributed by atoms with Crippen molar-refractivity contribution in [1.29, 1.82) is 0 Å². The number of para-hydroxylation sites is 1. The molecule has 0 aliphatic rings. The fourth-order valence-corrected chi connectivity index (χ4v) is 2.57. The minimum absolute atomic E-state index is 0.999. The first-order chi connectivity index (χ1) is 6.40. The van der Waals surface area contributed by atoms with Gasteiger partial charge < -0.3 is 0 Å². The third-order valence-electron chi connectivity index (χ3n) is 1.51. The van der Waals surface area contributed by atoms with Crippen LogP contribution in [0.5, 0.6) is 0 Å². The van der Waals surface area contributed by atoms with Crippen LogP contribution in [0.15, 0.2) is 33.0 Å². The van der Waals surface area contributed by atoms with Gasteiger partial charge in [-0.15, -0.1) is 11.3 Å². The zero-order chi connectivity index (χ0) is 9.10. The fourth-order valence-electron chi connectivity index (χ4n) is 0.988. The van der Waals surface area contributed by atoms with Crippen molar-refractivity contribution in [3.8, 4) is 0 Å². The molecule has 0 radical (unpaired) electrons. The molecule has 13 heavy (non-hydrogen) atoms. The van der Waals surface area contributed by atoms with Crippen molar-refractivity contribution in [1.82, 2.24) is 4.98 Å². The van der Waals surface area contributed by atoms with Crippen molar-refractivity contribution in [3.63, 3.8) is 0 Å². The normalized spacial score (nSPS) is 11.5. The van der Waals surface area contributed by atoms with Gasteiger partial charge in [0.25, 0.3) is 0 Å². The van der Waals surface area contributed by atoms with Gasteiger partial charge in [-0.1, -0.05) is 12.1 Å². The van der Waals surface area contributed by atoms with Crippen molar-refractivity contribution in [2.75, 3.05) is 0 Å². The molecule has 0 bridgehead atoms. The molecular weight excluding hydrogens is 200 g/mol. The van der Waals surface area contributed by atoms with E-state index in [2.05, 4.69) is 15.4 Å². The topological polar surface area (TPSA) is 25.2 Å². The van der Waals surface area contributed by atoms with E-state index in [9.17, 15) is 0 Å². The number of nitrogens with zero attached hydrogens (tertiary/aromatic N) is 2. The fraction of sp³-hybridized carbons (Fsp3) is 0.111. The molecule has 2 aromatic rings. The largest absolute Gasteiger partial charge is 0.228 e. The van der Waals surface area contributed by atoms with Gasteiger partial charge in [-0.25, -0.2) is 9.38 Å². The van der Waals surface area contributed by atoms with Gasteiger partial charge in [0.15, 0.2) is 4.34 Å². The Labute approximate surface area is 84.9 Å². The van der Waals surface area contributed by atoms with Crippen LogP contribution in [0.25, 0.3) is 10.2 Å². The van der Waals surface area contributed by atoms with E-state index in [1.54, 1.807) is 17.6 Å². The van der Waals surface area contributed by atoms with Crippen LogP contribution in [-0.2, 0) is 0 Å². The Balaban J connectivity index is 2.38. The van der Waals surface area contributed by atoms with Crippen LogP contribution in [-0.4, -0.2) is 11.2 Å². The first kappa shape index (κ1) is 8.72. The minimum atomic E-state index is 0.999. The van der Waals surface area contributed by atoms with Gasteiger partial charge in [-0.05, 0) is 19.1 Å². The molecule has 1 aromatic heterocycles. The smallest absolute Gasteiger partial charge is 0.173 e. The summed E-state index contributed by atoms with van der Waals surface area (Å²) >= 11 is 3.10. The maximum Gasteiger partial charge on any atom is 0.173 e. The van der Waals surface area contributed by atoms with E-state index < -0.39 is 0 Å². The number of rotatable bonds is 2. The Kier molecular flexibility index (Phi) is 2.61. The van der Waals surface area contributed by atoms with E-state index in [0.717, 1.165) is 9.86 Å². The Hall–Kier alpha value is -0.870. The van der Waals surface area contributed by atoms with Crippen LogP contribution >= 0.6 is 23.3 Å². The number of benzene rings is 1. The molecule has 0 aliphatic heterocycles. The summed E-state index contributed by atoms with van der Waals surface area (Å²) in [6.07, 6.45) is 1.77. The Morgan fingerprint density at radius 3 is 3.08 bits per heavy atom. The molecule has 0 atom stereocenters. The van der Waals surface area contributed by atoms with Crippen molar-refractivity contribution in [3.05, 3.63) is 24.3 Å². The van der Waals surface area contributed by atoms with Crippen molar-refractivity contribution >= 4 is 39.7 Å². The average Bonchev–Trinajstić information content (AvgIpc) is 2.57. The quantitative estimate of drug-likeness (QED) is 0.558. The lowest BCUT2D eigenvalue weighted by atomic mass is 10.3. The van der Waals surface area contributed by atoms with Crippen LogP contribution in [0.3, 0.4) is 0 Å². The van der Waals surface area contributed by atoms with Gasteiger partial charge in [0, 0.05) is 18.2 Å². The van der Waals surface area contributed by atoms with E-state index in [0.29, 0.717) is 0 Å². The lowest BCUT2D eigenvalue weighted by molar-refractivity contribution is 1.30. The predicted octanol–water partition coefficient (Wildman–Crippen LogP) is 3.39. The van der Waals surface area contributed by atoms with Crippen molar-refractivity contribution < 1.29 is 0 Å². The molecule has 1 aromatic carbocycles. The van der Waals surface area contributed by atoms with E-state index in [4.69, 9.17) is 0 Å². The second-order valence-corrected chi connectivity index (χ2v) is 4.47. The summed E-state index contributed by atoms with van der Waals surface area (Å²) in [6, 6.07) is 8.12. The molecular formula is C9H8N2S2. The first-order valence-electron chi connectivity index (χ1n) is 3.91. The molecule has 0 unspecified atom stereocenters. The molecule has 1 heterocycles. The molecule has 0 spiro atoms. The molecule has 0 N–H and O–H groups in total. The molecule has 66 valence electrons. The molecule has 2 rings (SSSR count). The number of hydrogen-bond donors (Lipinski definition) is 0. The SMILES string of the molecule is CC=NSc1nc2ccccc2s1. The molecule has 0 saturated carbocycles. The van der Waals surface area contributed by atoms with Crippen LogP contribution in [0.4, 0.5) is 0 Å². The molecule has 0 aliphatic carbocycles. The molecule has 2 nitrogen and oxygen atoms in total. The average molecular weight is 208 g/mol. The molecule has 0 fully saturated rings. The van der Waals surface area contributed by atoms with Gasteiger partial charge in [-0.2, -0.15) is 0 Å². The lowest BCUT2D eigenvalue weighted by Gasteiger charge is -1.81.